The zero-order chi connectivity index (χ0) is 39.0. The second kappa shape index (κ2) is 17.7. The normalized spacial score (nSPS) is 21.9. The van der Waals surface area contributed by atoms with Gasteiger partial charge < -0.3 is 50.2 Å². The fraction of sp³-hybridized carbons (Fsp3) is 0.410. The van der Waals surface area contributed by atoms with Crippen molar-refractivity contribution in [3.8, 4) is 23.0 Å². The summed E-state index contributed by atoms with van der Waals surface area (Å²) < 4.78 is 23.5. The standard InChI is InChI=1S/C39H44ClN5O10/c1-24-35(48)41-13-16-52-27-7-9-28(10-8-27)55-39(11-14-45(15-12-39)34(47)21-26-20-32-33(22-29(26)40)54-18-17-53-32)38(51)44-30(19-25-5-3-2-4-6-25)36(49)43-31(23-46)37(50)42-24/h2-10,20,22,24,30-31,46H,11-19,21,23H2,1H3,(H,41,48)(H,42,50)(H,43,49)(H,44,51)/t24-,30+,31-/m0/s1. The highest BCUT2D eigenvalue weighted by atomic mass is 35.5. The molecule has 7 rings (SSSR count). The Bertz CT molecular complexity index is 1870. The molecular formula is C39H44ClN5O10. The second-order valence-corrected chi connectivity index (χ2v) is 13.9. The molecule has 4 heterocycles. The van der Waals surface area contributed by atoms with Gasteiger partial charge in [-0.3, -0.25) is 24.0 Å². The molecule has 0 saturated carbocycles. The maximum atomic E-state index is 14.5. The van der Waals surface area contributed by atoms with E-state index in [1.165, 1.54) is 6.92 Å². The monoisotopic (exact) mass is 777 g/mol. The van der Waals surface area contributed by atoms with E-state index in [1.807, 2.05) is 6.07 Å². The third kappa shape index (κ3) is 9.77. The molecule has 0 radical (unpaired) electrons. The molecule has 3 aromatic rings. The molecule has 4 aliphatic rings. The fourth-order valence-corrected chi connectivity index (χ4v) is 6.75. The minimum atomic E-state index is -1.52. The third-order valence-corrected chi connectivity index (χ3v) is 10.0. The van der Waals surface area contributed by atoms with Gasteiger partial charge in [0.15, 0.2) is 17.1 Å². The molecule has 0 unspecified atom stereocenters. The van der Waals surface area contributed by atoms with Crippen LogP contribution < -0.4 is 40.2 Å². The molecule has 292 valence electrons. The van der Waals surface area contributed by atoms with Gasteiger partial charge in [-0.15, -0.1) is 0 Å². The fourth-order valence-electron chi connectivity index (χ4n) is 6.53. The number of nitrogens with zero attached hydrogens (tertiary/aromatic N) is 1. The van der Waals surface area contributed by atoms with Gasteiger partial charge in [0.25, 0.3) is 5.91 Å². The van der Waals surface area contributed by atoms with E-state index in [4.69, 9.17) is 30.5 Å². The van der Waals surface area contributed by atoms with Crippen LogP contribution in [0.3, 0.4) is 0 Å². The van der Waals surface area contributed by atoms with Gasteiger partial charge in [0.2, 0.25) is 23.6 Å². The molecule has 2 bridgehead atoms. The smallest absolute Gasteiger partial charge is 0.265 e. The lowest BCUT2D eigenvalue weighted by Crippen LogP contribution is -2.63. The molecule has 1 fully saturated rings. The lowest BCUT2D eigenvalue weighted by atomic mass is 9.88. The Labute approximate surface area is 323 Å². The quantitative estimate of drug-likeness (QED) is 0.236. The molecule has 55 heavy (non-hydrogen) atoms. The molecule has 15 nitrogen and oxygen atoms in total. The third-order valence-electron chi connectivity index (χ3n) is 9.67. The predicted octanol–water partition coefficient (Wildman–Crippen LogP) is 1.31. The Hall–Kier alpha value is -5.54. The molecular weight excluding hydrogens is 734 g/mol. The average molecular weight is 778 g/mol. The number of hydrogen-bond donors (Lipinski definition) is 5. The number of likely N-dealkylation sites (tertiary alicyclic amines) is 1. The summed E-state index contributed by atoms with van der Waals surface area (Å²) in [4.78, 5) is 69.3. The Kier molecular flexibility index (Phi) is 12.6. The van der Waals surface area contributed by atoms with E-state index >= 15 is 0 Å². The summed E-state index contributed by atoms with van der Waals surface area (Å²) in [5, 5.41) is 21.0. The van der Waals surface area contributed by atoms with Crippen LogP contribution in [0.4, 0.5) is 0 Å². The maximum absolute atomic E-state index is 14.5. The summed E-state index contributed by atoms with van der Waals surface area (Å²) in [6, 6.07) is 15.3. The number of amides is 5. The number of halogens is 1. The molecule has 1 spiro atoms. The highest BCUT2D eigenvalue weighted by Crippen LogP contribution is 2.36. The van der Waals surface area contributed by atoms with Crippen molar-refractivity contribution in [3.05, 3.63) is 82.9 Å². The summed E-state index contributed by atoms with van der Waals surface area (Å²) in [5.41, 5.74) is -0.217. The van der Waals surface area contributed by atoms with Gasteiger partial charge in [-0.25, -0.2) is 0 Å². The van der Waals surface area contributed by atoms with E-state index in [9.17, 15) is 29.1 Å². The van der Waals surface area contributed by atoms with Crippen molar-refractivity contribution in [2.75, 3.05) is 46.1 Å². The summed E-state index contributed by atoms with van der Waals surface area (Å²) in [6.07, 6.45) is 0.200. The van der Waals surface area contributed by atoms with Crippen molar-refractivity contribution in [1.82, 2.24) is 26.2 Å². The van der Waals surface area contributed by atoms with E-state index in [0.29, 0.717) is 46.8 Å². The lowest BCUT2D eigenvalue weighted by molar-refractivity contribution is -0.148. The Morgan fingerprint density at radius 1 is 0.818 bits per heavy atom. The Morgan fingerprint density at radius 3 is 2.16 bits per heavy atom. The average Bonchev–Trinajstić information content (AvgIpc) is 3.19. The summed E-state index contributed by atoms with van der Waals surface area (Å²) in [6.45, 7) is 2.07. The largest absolute Gasteiger partial charge is 0.492 e. The molecule has 5 N–H and O–H groups in total. The number of aliphatic hydroxyl groups is 1. The lowest BCUT2D eigenvalue weighted by Gasteiger charge is -2.41. The van der Waals surface area contributed by atoms with Crippen molar-refractivity contribution < 1.29 is 48.0 Å². The Morgan fingerprint density at radius 2 is 1.47 bits per heavy atom. The molecule has 3 atom stereocenters. The number of aliphatic hydroxyl groups excluding tert-OH is 1. The number of benzene rings is 3. The zero-order valence-electron chi connectivity index (χ0n) is 30.3. The van der Waals surface area contributed by atoms with Gasteiger partial charge in [0.05, 0.1) is 19.6 Å². The first kappa shape index (κ1) is 39.2. The van der Waals surface area contributed by atoms with Gasteiger partial charge in [-0.1, -0.05) is 41.9 Å². The second-order valence-electron chi connectivity index (χ2n) is 13.5. The SMILES string of the molecule is C[C@@H]1NC(=O)[C@H](CO)NC(=O)[C@@H](Cc2ccccc2)NC(=O)C2(CCN(C(=O)Cc3cc4c(cc3Cl)OCCO4)CC2)Oc2ccc(cc2)OCCNC1=O. The number of rotatable bonds is 5. The maximum Gasteiger partial charge on any atom is 0.265 e. The number of hydrogen-bond acceptors (Lipinski definition) is 10. The molecule has 1 saturated heterocycles. The van der Waals surface area contributed by atoms with Crippen LogP contribution in [-0.4, -0.2) is 109 Å². The molecule has 4 aliphatic heterocycles. The highest BCUT2D eigenvalue weighted by molar-refractivity contribution is 6.31. The first-order valence-corrected chi connectivity index (χ1v) is 18.5. The predicted molar refractivity (Wildman–Crippen MR) is 199 cm³/mol. The number of nitrogens with one attached hydrogen (secondary N) is 4. The van der Waals surface area contributed by atoms with Crippen LogP contribution in [0.1, 0.15) is 30.9 Å². The number of carbonyl (C=O) groups is 5. The molecule has 5 amide bonds. The van der Waals surface area contributed by atoms with Crippen LogP contribution >= 0.6 is 11.6 Å². The summed E-state index contributed by atoms with van der Waals surface area (Å²) in [5.74, 6) is -0.953. The number of piperidine rings is 1. The highest BCUT2D eigenvalue weighted by Gasteiger charge is 2.46. The summed E-state index contributed by atoms with van der Waals surface area (Å²) >= 11 is 6.51. The first-order valence-electron chi connectivity index (χ1n) is 18.2. The number of ether oxygens (including phenoxy) is 4. The topological polar surface area (TPSA) is 194 Å². The number of carbonyl (C=O) groups excluding carboxylic acids is 5. The molecule has 3 aromatic carbocycles. The molecule has 16 heteroatoms. The first-order chi connectivity index (χ1) is 26.5. The van der Waals surface area contributed by atoms with Crippen molar-refractivity contribution in [1.29, 1.82) is 0 Å². The van der Waals surface area contributed by atoms with Gasteiger partial charge in [-0.2, -0.15) is 0 Å². The minimum absolute atomic E-state index is 0.00162. The van der Waals surface area contributed by atoms with E-state index in [2.05, 4.69) is 21.3 Å². The van der Waals surface area contributed by atoms with Crippen molar-refractivity contribution in [2.24, 2.45) is 0 Å². The molecule has 0 aromatic heterocycles. The van der Waals surface area contributed by atoms with E-state index in [0.717, 1.165) is 5.56 Å². The van der Waals surface area contributed by atoms with Gasteiger partial charge >= 0.3 is 0 Å². The van der Waals surface area contributed by atoms with Crippen molar-refractivity contribution in [2.45, 2.75) is 56.3 Å². The molecule has 0 aliphatic carbocycles. The van der Waals surface area contributed by atoms with Gasteiger partial charge in [0, 0.05) is 43.4 Å². The van der Waals surface area contributed by atoms with Crippen LogP contribution in [0.15, 0.2) is 66.7 Å². The summed E-state index contributed by atoms with van der Waals surface area (Å²) in [7, 11) is 0. The van der Waals surface area contributed by atoms with Crippen LogP contribution in [0.5, 0.6) is 23.0 Å². The van der Waals surface area contributed by atoms with Crippen molar-refractivity contribution in [3.63, 3.8) is 0 Å². The number of fused-ring (bicyclic) bond motifs is 16. The van der Waals surface area contributed by atoms with Crippen LogP contribution in [0.2, 0.25) is 5.02 Å². The Balaban J connectivity index is 1.26. The minimum Gasteiger partial charge on any atom is -0.492 e. The van der Waals surface area contributed by atoms with E-state index in [-0.39, 0.29) is 57.8 Å². The van der Waals surface area contributed by atoms with Gasteiger partial charge in [0.1, 0.15) is 49.4 Å². The van der Waals surface area contributed by atoms with Crippen LogP contribution in [-0.2, 0) is 36.8 Å². The zero-order valence-corrected chi connectivity index (χ0v) is 31.1. The van der Waals surface area contributed by atoms with Gasteiger partial charge in [-0.05, 0) is 48.4 Å². The van der Waals surface area contributed by atoms with Crippen LogP contribution in [0.25, 0.3) is 0 Å². The van der Waals surface area contributed by atoms with Crippen LogP contribution in [0, 0.1) is 0 Å². The van der Waals surface area contributed by atoms with Crippen molar-refractivity contribution >= 4 is 41.1 Å². The van der Waals surface area contributed by atoms with E-state index in [1.54, 1.807) is 65.6 Å². The van der Waals surface area contributed by atoms with E-state index < -0.39 is 54.0 Å².